The highest BCUT2D eigenvalue weighted by Crippen LogP contribution is 2.32. The summed E-state index contributed by atoms with van der Waals surface area (Å²) in [4.78, 5) is 24.0. The van der Waals surface area contributed by atoms with Gasteiger partial charge in [-0.25, -0.2) is 9.97 Å². The molecular formula is C26H22ClN3OS2. The quantitative estimate of drug-likeness (QED) is 0.215. The number of nitrogens with zero attached hydrogens (tertiary/aromatic N) is 2. The van der Waals surface area contributed by atoms with Gasteiger partial charge in [-0.2, -0.15) is 0 Å². The van der Waals surface area contributed by atoms with Crippen LogP contribution in [-0.4, -0.2) is 15.9 Å². The van der Waals surface area contributed by atoms with Gasteiger partial charge in [0, 0.05) is 27.6 Å². The van der Waals surface area contributed by atoms with Crippen molar-refractivity contribution in [2.75, 3.05) is 5.32 Å². The molecule has 1 aromatic heterocycles. The highest BCUT2D eigenvalue weighted by Gasteiger charge is 2.17. The third-order valence-corrected chi connectivity index (χ3v) is 7.00. The van der Waals surface area contributed by atoms with Crippen LogP contribution in [0.25, 0.3) is 0 Å². The summed E-state index contributed by atoms with van der Waals surface area (Å²) >= 11 is 8.95. The van der Waals surface area contributed by atoms with E-state index in [1.807, 2.05) is 55.5 Å². The molecule has 0 unspecified atom stereocenters. The van der Waals surface area contributed by atoms with Gasteiger partial charge in [0.1, 0.15) is 5.69 Å². The lowest BCUT2D eigenvalue weighted by Crippen LogP contribution is -2.16. The molecule has 33 heavy (non-hydrogen) atoms. The predicted octanol–water partition coefficient (Wildman–Crippen LogP) is 7.44. The molecule has 0 spiro atoms. The van der Waals surface area contributed by atoms with Gasteiger partial charge in [-0.1, -0.05) is 82.6 Å². The molecule has 0 aliphatic carbocycles. The van der Waals surface area contributed by atoms with Crippen LogP contribution in [0.2, 0.25) is 5.02 Å². The third-order valence-electron chi connectivity index (χ3n) is 4.79. The minimum absolute atomic E-state index is 0.269. The number of carbonyl (C=O) groups is 1. The fraction of sp³-hybridized carbons (Fsp3) is 0.115. The SMILES string of the molecule is Cc1ccc(CSc2ncc(Sc3ccc(Cl)cc3)c(C(=O)Nc3ccc(C)cc3)n2)cc1. The zero-order valence-corrected chi connectivity index (χ0v) is 20.6. The van der Waals surface area contributed by atoms with E-state index in [0.717, 1.165) is 21.9 Å². The second-order valence-corrected chi connectivity index (χ2v) is 10.0. The maximum absolute atomic E-state index is 13.2. The summed E-state index contributed by atoms with van der Waals surface area (Å²) < 4.78 is 0. The van der Waals surface area contributed by atoms with E-state index < -0.39 is 0 Å². The Hall–Kier alpha value is -2.80. The lowest BCUT2D eigenvalue weighted by molar-refractivity contribution is 0.101. The molecule has 7 heteroatoms. The van der Waals surface area contributed by atoms with Crippen molar-refractivity contribution < 1.29 is 4.79 Å². The molecule has 0 atom stereocenters. The summed E-state index contributed by atoms with van der Waals surface area (Å²) in [5.41, 5.74) is 4.60. The number of nitrogens with one attached hydrogen (secondary N) is 1. The number of aromatic nitrogens is 2. The lowest BCUT2D eigenvalue weighted by atomic mass is 10.2. The fourth-order valence-corrected chi connectivity index (χ4v) is 4.71. The molecule has 1 heterocycles. The number of carbonyl (C=O) groups excluding carboxylic acids is 1. The van der Waals surface area contributed by atoms with E-state index >= 15 is 0 Å². The molecule has 0 fully saturated rings. The van der Waals surface area contributed by atoms with Crippen molar-refractivity contribution in [3.05, 3.63) is 106 Å². The normalized spacial score (nSPS) is 10.8. The number of halogens is 1. The Labute approximate surface area is 207 Å². The number of anilines is 1. The monoisotopic (exact) mass is 491 g/mol. The molecule has 4 nitrogen and oxygen atoms in total. The number of thioether (sulfide) groups is 1. The number of hydrogen-bond donors (Lipinski definition) is 1. The first-order valence-corrected chi connectivity index (χ1v) is 12.5. The molecule has 0 saturated carbocycles. The summed E-state index contributed by atoms with van der Waals surface area (Å²) in [6.07, 6.45) is 1.72. The number of aryl methyl sites for hydroxylation is 2. The van der Waals surface area contributed by atoms with Crippen molar-refractivity contribution in [1.82, 2.24) is 9.97 Å². The van der Waals surface area contributed by atoms with Gasteiger partial charge < -0.3 is 5.32 Å². The van der Waals surface area contributed by atoms with Crippen molar-refractivity contribution >= 4 is 46.7 Å². The minimum Gasteiger partial charge on any atom is -0.321 e. The van der Waals surface area contributed by atoms with Crippen LogP contribution in [-0.2, 0) is 5.75 Å². The van der Waals surface area contributed by atoms with Crippen molar-refractivity contribution in [3.63, 3.8) is 0 Å². The van der Waals surface area contributed by atoms with Gasteiger partial charge in [-0.15, -0.1) is 0 Å². The summed E-state index contributed by atoms with van der Waals surface area (Å²) in [5, 5.41) is 4.18. The first kappa shape index (κ1) is 23.4. The van der Waals surface area contributed by atoms with Gasteiger partial charge in [-0.05, 0) is 55.8 Å². The standard InChI is InChI=1S/C26H22ClN3OS2/c1-17-3-7-19(8-4-17)16-32-26-28-15-23(33-22-13-9-20(27)10-14-22)24(30-26)25(31)29-21-11-5-18(2)6-12-21/h3-15H,16H2,1-2H3,(H,29,31). The van der Waals surface area contributed by atoms with Crippen LogP contribution >= 0.6 is 35.1 Å². The zero-order valence-electron chi connectivity index (χ0n) is 18.2. The molecule has 0 aliphatic rings. The molecule has 0 aliphatic heterocycles. The maximum atomic E-state index is 13.2. The van der Waals surface area contributed by atoms with Crippen LogP contribution in [0.1, 0.15) is 27.2 Å². The molecule has 3 aromatic carbocycles. The summed E-state index contributed by atoms with van der Waals surface area (Å²) in [6, 6.07) is 23.5. The number of rotatable bonds is 7. The van der Waals surface area contributed by atoms with Crippen LogP contribution in [0.15, 0.2) is 93.9 Å². The van der Waals surface area contributed by atoms with E-state index in [1.54, 1.807) is 6.20 Å². The van der Waals surface area contributed by atoms with E-state index in [1.165, 1.54) is 34.7 Å². The molecule has 166 valence electrons. The Bertz CT molecular complexity index is 1240. The first-order chi connectivity index (χ1) is 16.0. The second-order valence-electron chi connectivity index (χ2n) is 7.52. The van der Waals surface area contributed by atoms with Gasteiger partial charge in [0.15, 0.2) is 5.16 Å². The van der Waals surface area contributed by atoms with Crippen LogP contribution in [0, 0.1) is 13.8 Å². The second kappa shape index (κ2) is 10.9. The molecule has 0 bridgehead atoms. The highest BCUT2D eigenvalue weighted by atomic mass is 35.5. The minimum atomic E-state index is -0.269. The Kier molecular flexibility index (Phi) is 7.70. The Morgan fingerprint density at radius 2 is 1.55 bits per heavy atom. The van der Waals surface area contributed by atoms with E-state index in [9.17, 15) is 4.79 Å². The Balaban J connectivity index is 1.58. The Morgan fingerprint density at radius 1 is 0.909 bits per heavy atom. The van der Waals surface area contributed by atoms with Gasteiger partial charge in [-0.3, -0.25) is 4.79 Å². The van der Waals surface area contributed by atoms with Gasteiger partial charge >= 0.3 is 0 Å². The van der Waals surface area contributed by atoms with Crippen LogP contribution in [0.3, 0.4) is 0 Å². The topological polar surface area (TPSA) is 54.9 Å². The van der Waals surface area contributed by atoms with E-state index in [0.29, 0.717) is 20.8 Å². The molecule has 4 rings (SSSR count). The largest absolute Gasteiger partial charge is 0.321 e. The van der Waals surface area contributed by atoms with Crippen LogP contribution < -0.4 is 5.32 Å². The van der Waals surface area contributed by atoms with Crippen LogP contribution in [0.5, 0.6) is 0 Å². The molecule has 0 saturated heterocycles. The summed E-state index contributed by atoms with van der Waals surface area (Å²) in [7, 11) is 0. The molecule has 4 aromatic rings. The molecule has 0 radical (unpaired) electrons. The fourth-order valence-electron chi connectivity index (χ4n) is 2.95. The van der Waals surface area contributed by atoms with E-state index in [-0.39, 0.29) is 5.91 Å². The first-order valence-electron chi connectivity index (χ1n) is 10.3. The average molecular weight is 492 g/mol. The predicted molar refractivity (Wildman–Crippen MR) is 137 cm³/mol. The lowest BCUT2D eigenvalue weighted by Gasteiger charge is -2.11. The van der Waals surface area contributed by atoms with Crippen molar-refractivity contribution in [2.24, 2.45) is 0 Å². The molecule has 1 amide bonds. The van der Waals surface area contributed by atoms with E-state index in [2.05, 4.69) is 46.5 Å². The van der Waals surface area contributed by atoms with Gasteiger partial charge in [0.05, 0.1) is 4.90 Å². The zero-order chi connectivity index (χ0) is 23.2. The van der Waals surface area contributed by atoms with Crippen molar-refractivity contribution in [3.8, 4) is 0 Å². The summed E-state index contributed by atoms with van der Waals surface area (Å²) in [6.45, 7) is 4.07. The number of benzene rings is 3. The Morgan fingerprint density at radius 3 is 2.21 bits per heavy atom. The third kappa shape index (κ3) is 6.60. The van der Waals surface area contributed by atoms with Gasteiger partial charge in [0.2, 0.25) is 0 Å². The summed E-state index contributed by atoms with van der Waals surface area (Å²) in [5.74, 6) is 0.457. The van der Waals surface area contributed by atoms with Gasteiger partial charge in [0.25, 0.3) is 5.91 Å². The highest BCUT2D eigenvalue weighted by molar-refractivity contribution is 7.99. The van der Waals surface area contributed by atoms with E-state index in [4.69, 9.17) is 11.6 Å². The van der Waals surface area contributed by atoms with Crippen LogP contribution in [0.4, 0.5) is 5.69 Å². The average Bonchev–Trinajstić information content (AvgIpc) is 2.82. The molecule has 1 N–H and O–H groups in total. The maximum Gasteiger partial charge on any atom is 0.275 e. The van der Waals surface area contributed by atoms with Crippen molar-refractivity contribution in [2.45, 2.75) is 34.5 Å². The van der Waals surface area contributed by atoms with Crippen molar-refractivity contribution in [1.29, 1.82) is 0 Å². The molecular weight excluding hydrogens is 470 g/mol. The smallest absolute Gasteiger partial charge is 0.275 e. The number of hydrogen-bond acceptors (Lipinski definition) is 5. The number of amides is 1.